The van der Waals surface area contributed by atoms with E-state index in [1.807, 2.05) is 39.0 Å². The number of aryl methyl sites for hydroxylation is 1. The summed E-state index contributed by atoms with van der Waals surface area (Å²) in [5.74, 6) is -0.186. The normalized spacial score (nSPS) is 12.2. The first kappa shape index (κ1) is 26.7. The van der Waals surface area contributed by atoms with E-state index in [1.165, 1.54) is 17.7 Å². The molecule has 0 aliphatic carbocycles. The van der Waals surface area contributed by atoms with Gasteiger partial charge in [0.2, 0.25) is 0 Å². The second-order valence-corrected chi connectivity index (χ2v) is 8.46. The van der Waals surface area contributed by atoms with Gasteiger partial charge in [-0.1, -0.05) is 51.1 Å². The molecule has 0 unspecified atom stereocenters. The first-order chi connectivity index (χ1) is 16.1. The number of aliphatic imine (C=N–C) groups is 1. The van der Waals surface area contributed by atoms with Crippen molar-refractivity contribution in [2.24, 2.45) is 10.9 Å². The van der Waals surface area contributed by atoms with Crippen LogP contribution in [0.3, 0.4) is 0 Å². The van der Waals surface area contributed by atoms with Crippen LogP contribution in [0.5, 0.6) is 0 Å². The van der Waals surface area contributed by atoms with Gasteiger partial charge in [0.05, 0.1) is 17.0 Å². The molecular weight excluding hydrogens is 429 g/mol. The van der Waals surface area contributed by atoms with E-state index in [9.17, 15) is 14.0 Å². The Morgan fingerprint density at radius 2 is 1.71 bits per heavy atom. The van der Waals surface area contributed by atoms with Crippen LogP contribution in [0.2, 0.25) is 0 Å². The number of carbonyl (C=O) groups excluding carboxylic acids is 1. The predicted molar refractivity (Wildman–Crippen MR) is 139 cm³/mol. The summed E-state index contributed by atoms with van der Waals surface area (Å²) in [7, 11) is 1.70. The summed E-state index contributed by atoms with van der Waals surface area (Å²) in [6.07, 6.45) is 0.972. The molecule has 0 bridgehead atoms. The molecule has 2 N–H and O–H groups in total. The van der Waals surface area contributed by atoms with Gasteiger partial charge in [0.25, 0.3) is 11.5 Å². The van der Waals surface area contributed by atoms with E-state index in [2.05, 4.69) is 29.1 Å². The zero-order valence-electron chi connectivity index (χ0n) is 21.0. The zero-order chi connectivity index (χ0) is 25.4. The van der Waals surface area contributed by atoms with Gasteiger partial charge in [0.15, 0.2) is 0 Å². The first-order valence-corrected chi connectivity index (χ1v) is 11.4. The molecule has 180 valence electrons. The number of nitrogens with zero attached hydrogens (tertiary/aromatic N) is 1. The fourth-order valence-electron chi connectivity index (χ4n) is 3.41. The van der Waals surface area contributed by atoms with E-state index >= 15 is 0 Å². The molecule has 1 amide bonds. The fourth-order valence-corrected chi connectivity index (χ4v) is 3.41. The van der Waals surface area contributed by atoms with Gasteiger partial charge in [-0.05, 0) is 62.4 Å². The Bertz CT molecular complexity index is 1270. The molecule has 0 aliphatic rings. The SMILES string of the molecule is CCc1ccc(F)cc1.CN=C(C)/C(NC(=O)c1c(C)c(=O)[nH]c2ccccc12)=C(/C)C(C)C. The average Bonchev–Trinajstić information content (AvgIpc) is 2.83. The van der Waals surface area contributed by atoms with Crippen molar-refractivity contribution in [3.05, 3.63) is 92.7 Å². The zero-order valence-corrected chi connectivity index (χ0v) is 21.0. The molecule has 0 spiro atoms. The van der Waals surface area contributed by atoms with Gasteiger partial charge in [-0.2, -0.15) is 0 Å². The molecule has 0 saturated heterocycles. The minimum atomic E-state index is -0.294. The predicted octanol–water partition coefficient (Wildman–Crippen LogP) is 5.98. The maximum atomic E-state index is 13.0. The lowest BCUT2D eigenvalue weighted by Gasteiger charge is -2.17. The minimum absolute atomic E-state index is 0.160. The minimum Gasteiger partial charge on any atom is -0.322 e. The van der Waals surface area contributed by atoms with Gasteiger partial charge in [0.1, 0.15) is 5.82 Å². The number of hydrogen-bond donors (Lipinski definition) is 2. The summed E-state index contributed by atoms with van der Waals surface area (Å²) in [6, 6.07) is 13.9. The number of fused-ring (bicyclic) bond motifs is 1. The maximum Gasteiger partial charge on any atom is 0.256 e. The van der Waals surface area contributed by atoms with Crippen LogP contribution in [-0.2, 0) is 6.42 Å². The van der Waals surface area contributed by atoms with E-state index < -0.39 is 0 Å². The van der Waals surface area contributed by atoms with E-state index in [1.54, 1.807) is 32.2 Å². The van der Waals surface area contributed by atoms with Gasteiger partial charge >= 0.3 is 0 Å². The Morgan fingerprint density at radius 1 is 1.09 bits per heavy atom. The molecule has 2 aromatic carbocycles. The summed E-state index contributed by atoms with van der Waals surface area (Å²) in [4.78, 5) is 32.3. The summed E-state index contributed by atoms with van der Waals surface area (Å²) in [5, 5.41) is 3.71. The fraction of sp³-hybridized carbons (Fsp3) is 0.321. The van der Waals surface area contributed by atoms with Crippen LogP contribution in [-0.4, -0.2) is 23.7 Å². The highest BCUT2D eigenvalue weighted by molar-refractivity contribution is 6.11. The van der Waals surface area contributed by atoms with Gasteiger partial charge in [-0.25, -0.2) is 4.39 Å². The highest BCUT2D eigenvalue weighted by Gasteiger charge is 2.19. The largest absolute Gasteiger partial charge is 0.322 e. The third-order valence-electron chi connectivity index (χ3n) is 5.90. The number of amides is 1. The lowest BCUT2D eigenvalue weighted by molar-refractivity contribution is 0.0968. The highest BCUT2D eigenvalue weighted by Crippen LogP contribution is 2.20. The van der Waals surface area contributed by atoms with Crippen molar-refractivity contribution in [3.8, 4) is 0 Å². The van der Waals surface area contributed by atoms with Crippen molar-refractivity contribution in [2.75, 3.05) is 7.05 Å². The van der Waals surface area contributed by atoms with Crippen LogP contribution < -0.4 is 10.9 Å². The van der Waals surface area contributed by atoms with Crippen LogP contribution in [0.15, 0.2) is 69.6 Å². The molecule has 0 fully saturated rings. The van der Waals surface area contributed by atoms with Crippen LogP contribution in [0.4, 0.5) is 4.39 Å². The Kier molecular flexibility index (Phi) is 9.48. The van der Waals surface area contributed by atoms with Crippen LogP contribution in [0, 0.1) is 18.7 Å². The molecule has 5 nitrogen and oxygen atoms in total. The number of allylic oxidation sites excluding steroid dienone is 2. The topological polar surface area (TPSA) is 74.3 Å². The number of nitrogens with one attached hydrogen (secondary N) is 2. The number of benzene rings is 2. The summed E-state index contributed by atoms with van der Waals surface area (Å²) in [6.45, 7) is 11.7. The highest BCUT2D eigenvalue weighted by atomic mass is 19.1. The molecule has 1 heterocycles. The van der Waals surface area contributed by atoms with Crippen LogP contribution in [0.25, 0.3) is 10.9 Å². The number of aromatic amines is 1. The lowest BCUT2D eigenvalue weighted by Crippen LogP contribution is -2.31. The number of H-pyrrole nitrogens is 1. The molecule has 3 rings (SSSR count). The van der Waals surface area contributed by atoms with Crippen LogP contribution >= 0.6 is 0 Å². The van der Waals surface area contributed by atoms with E-state index in [4.69, 9.17) is 0 Å². The molecule has 0 radical (unpaired) electrons. The maximum absolute atomic E-state index is 13.0. The van der Waals surface area contributed by atoms with E-state index in [0.29, 0.717) is 22.3 Å². The molecule has 0 saturated carbocycles. The molecule has 0 aliphatic heterocycles. The number of pyridine rings is 1. The molecule has 1 aromatic heterocycles. The smallest absolute Gasteiger partial charge is 0.256 e. The number of halogens is 1. The Balaban J connectivity index is 0.000000379. The van der Waals surface area contributed by atoms with Gasteiger partial charge in [-0.15, -0.1) is 0 Å². The van der Waals surface area contributed by atoms with Crippen LogP contribution in [0.1, 0.15) is 56.1 Å². The summed E-state index contributed by atoms with van der Waals surface area (Å²) < 4.78 is 12.2. The van der Waals surface area contributed by atoms with Crippen molar-refractivity contribution in [1.29, 1.82) is 0 Å². The summed E-state index contributed by atoms with van der Waals surface area (Å²) >= 11 is 0. The summed E-state index contributed by atoms with van der Waals surface area (Å²) in [5.41, 5.74) is 4.89. The van der Waals surface area contributed by atoms with Gasteiger partial charge in [0, 0.05) is 23.5 Å². The number of aromatic nitrogens is 1. The Morgan fingerprint density at radius 3 is 2.26 bits per heavy atom. The second kappa shape index (κ2) is 12.1. The first-order valence-electron chi connectivity index (χ1n) is 11.4. The Labute approximate surface area is 200 Å². The van der Waals surface area contributed by atoms with Gasteiger partial charge < -0.3 is 10.3 Å². The number of rotatable bonds is 5. The second-order valence-electron chi connectivity index (χ2n) is 8.46. The quantitative estimate of drug-likeness (QED) is 0.457. The Hall–Kier alpha value is -3.54. The monoisotopic (exact) mass is 463 g/mol. The molecular formula is C28H34FN3O2. The lowest BCUT2D eigenvalue weighted by atomic mass is 9.99. The third kappa shape index (κ3) is 6.50. The van der Waals surface area contributed by atoms with Crippen molar-refractivity contribution >= 4 is 22.5 Å². The van der Waals surface area contributed by atoms with Crippen molar-refractivity contribution in [2.45, 2.75) is 48.0 Å². The van der Waals surface area contributed by atoms with Crippen molar-refractivity contribution in [1.82, 2.24) is 10.3 Å². The number of hydrogen-bond acceptors (Lipinski definition) is 3. The number of para-hydroxylation sites is 1. The van der Waals surface area contributed by atoms with Gasteiger partial charge in [-0.3, -0.25) is 14.6 Å². The number of carbonyl (C=O) groups is 1. The third-order valence-corrected chi connectivity index (χ3v) is 5.90. The molecule has 3 aromatic rings. The standard InChI is InChI=1S/C20H25N3O2.C8H9F/c1-11(2)12(3)18(14(5)21-6)23-20(25)17-13(4)19(24)22-16-10-8-7-9-15(16)17;1-2-7-3-5-8(9)6-4-7/h7-11H,1-6H3,(H,22,24)(H,23,25);3-6H,2H2,1H3/b18-12+,21-14?;. The molecule has 6 heteroatoms. The van der Waals surface area contributed by atoms with E-state index in [-0.39, 0.29) is 23.2 Å². The van der Waals surface area contributed by atoms with Crippen molar-refractivity contribution < 1.29 is 9.18 Å². The molecule has 0 atom stereocenters. The van der Waals surface area contributed by atoms with Crippen molar-refractivity contribution in [3.63, 3.8) is 0 Å². The molecule has 34 heavy (non-hydrogen) atoms. The van der Waals surface area contributed by atoms with E-state index in [0.717, 1.165) is 23.1 Å². The average molecular weight is 464 g/mol.